The zero-order chi connectivity index (χ0) is 14.7. The fraction of sp³-hybridized carbons (Fsp3) is 0.929. The highest BCUT2D eigenvalue weighted by molar-refractivity contribution is 5.80. The number of hydrogen-bond donors (Lipinski definition) is 1. The van der Waals surface area contributed by atoms with Gasteiger partial charge in [0.1, 0.15) is 12.9 Å². The lowest BCUT2D eigenvalue weighted by molar-refractivity contribution is -0.144. The Morgan fingerprint density at radius 3 is 2.32 bits per heavy atom. The van der Waals surface area contributed by atoms with Crippen LogP contribution in [-0.4, -0.2) is 46.2 Å². The lowest BCUT2D eigenvalue weighted by Crippen LogP contribution is -2.38. The van der Waals surface area contributed by atoms with Crippen LogP contribution in [0.4, 0.5) is 0 Å². The van der Waals surface area contributed by atoms with E-state index in [-0.39, 0.29) is 18.5 Å². The van der Waals surface area contributed by atoms with E-state index in [1.807, 2.05) is 0 Å². The summed E-state index contributed by atoms with van der Waals surface area (Å²) in [6.45, 7) is 7.25. The van der Waals surface area contributed by atoms with Crippen LogP contribution in [0.25, 0.3) is 0 Å². The highest BCUT2D eigenvalue weighted by atomic mass is 16.7. The van der Waals surface area contributed by atoms with E-state index >= 15 is 0 Å². The number of hydrogen-bond acceptors (Lipinski definition) is 5. The van der Waals surface area contributed by atoms with Gasteiger partial charge in [0.2, 0.25) is 0 Å². The van der Waals surface area contributed by atoms with Crippen molar-refractivity contribution in [1.82, 2.24) is 5.32 Å². The van der Waals surface area contributed by atoms with Gasteiger partial charge in [-0.2, -0.15) is 0 Å². The van der Waals surface area contributed by atoms with Crippen molar-refractivity contribution in [2.45, 2.75) is 39.7 Å². The smallest absolute Gasteiger partial charge is 0.158 e. The van der Waals surface area contributed by atoms with Crippen LogP contribution in [0.1, 0.15) is 33.6 Å². The summed E-state index contributed by atoms with van der Waals surface area (Å²) >= 11 is 0. The first-order valence-electron chi connectivity index (χ1n) is 6.83. The van der Waals surface area contributed by atoms with E-state index in [0.717, 1.165) is 12.8 Å². The summed E-state index contributed by atoms with van der Waals surface area (Å²) in [5.74, 6) is 0.801. The number of methoxy groups -OCH3 is 2. The molecule has 0 saturated heterocycles. The summed E-state index contributed by atoms with van der Waals surface area (Å²) in [6, 6.07) is 0. The van der Waals surface area contributed by atoms with Crippen LogP contribution in [-0.2, 0) is 19.0 Å². The van der Waals surface area contributed by atoms with Gasteiger partial charge in [0.05, 0.1) is 6.73 Å². The minimum absolute atomic E-state index is 0.0463. The summed E-state index contributed by atoms with van der Waals surface area (Å²) in [4.78, 5) is 11.7. The van der Waals surface area contributed by atoms with Gasteiger partial charge in [0.25, 0.3) is 0 Å². The zero-order valence-electron chi connectivity index (χ0n) is 12.9. The highest BCUT2D eigenvalue weighted by Gasteiger charge is 2.26. The molecule has 0 radical (unpaired) electrons. The molecule has 0 aliphatic carbocycles. The second-order valence-corrected chi connectivity index (χ2v) is 5.22. The van der Waals surface area contributed by atoms with Crippen LogP contribution < -0.4 is 5.32 Å². The maximum Gasteiger partial charge on any atom is 0.158 e. The largest absolute Gasteiger partial charge is 0.370 e. The molecule has 0 saturated carbocycles. The minimum Gasteiger partial charge on any atom is -0.370 e. The van der Waals surface area contributed by atoms with E-state index in [9.17, 15) is 4.79 Å². The Labute approximate surface area is 117 Å². The summed E-state index contributed by atoms with van der Waals surface area (Å²) < 4.78 is 15.4. The summed E-state index contributed by atoms with van der Waals surface area (Å²) in [7, 11) is 3.20. The van der Waals surface area contributed by atoms with Gasteiger partial charge in [-0.15, -0.1) is 0 Å². The maximum absolute atomic E-state index is 11.7. The van der Waals surface area contributed by atoms with Crippen LogP contribution >= 0.6 is 0 Å². The van der Waals surface area contributed by atoms with Gasteiger partial charge in [-0.25, -0.2) is 0 Å². The molecule has 5 nitrogen and oxygen atoms in total. The maximum atomic E-state index is 11.7. The average Bonchev–Trinajstić information content (AvgIpc) is 2.35. The zero-order valence-corrected chi connectivity index (χ0v) is 12.9. The van der Waals surface area contributed by atoms with E-state index < -0.39 is 6.10 Å². The van der Waals surface area contributed by atoms with Crippen LogP contribution in [0, 0.1) is 11.8 Å². The molecule has 0 aromatic heterocycles. The molecule has 0 aromatic carbocycles. The van der Waals surface area contributed by atoms with E-state index in [4.69, 9.17) is 14.2 Å². The van der Waals surface area contributed by atoms with Gasteiger partial charge in [-0.1, -0.05) is 20.3 Å². The molecule has 0 aliphatic rings. The van der Waals surface area contributed by atoms with Crippen molar-refractivity contribution < 1.29 is 19.0 Å². The fourth-order valence-electron chi connectivity index (χ4n) is 1.98. The number of ether oxygens (including phenoxy) is 3. The topological polar surface area (TPSA) is 56.8 Å². The van der Waals surface area contributed by atoms with Crippen LogP contribution in [0.2, 0.25) is 0 Å². The Balaban J connectivity index is 4.47. The molecule has 0 aromatic rings. The van der Waals surface area contributed by atoms with E-state index in [1.54, 1.807) is 21.1 Å². The number of rotatable bonds is 12. The minimum atomic E-state index is -0.414. The molecule has 0 rings (SSSR count). The summed E-state index contributed by atoms with van der Waals surface area (Å²) in [5, 5.41) is 3.18. The molecule has 1 N–H and O–H groups in total. The second kappa shape index (κ2) is 11.3. The molecule has 0 bridgehead atoms. The van der Waals surface area contributed by atoms with Crippen LogP contribution in [0.3, 0.4) is 0 Å². The van der Waals surface area contributed by atoms with Crippen molar-refractivity contribution in [3.63, 3.8) is 0 Å². The molecule has 5 heteroatoms. The molecule has 114 valence electrons. The molecule has 0 fully saturated rings. The molecule has 0 heterocycles. The van der Waals surface area contributed by atoms with Gasteiger partial charge in [-0.3, -0.25) is 10.1 Å². The van der Waals surface area contributed by atoms with Crippen molar-refractivity contribution in [2.24, 2.45) is 11.8 Å². The Kier molecular flexibility index (Phi) is 11.1. The average molecular weight is 275 g/mol. The highest BCUT2D eigenvalue weighted by Crippen LogP contribution is 2.18. The van der Waals surface area contributed by atoms with E-state index in [2.05, 4.69) is 19.2 Å². The Morgan fingerprint density at radius 2 is 1.84 bits per heavy atom. The first kappa shape index (κ1) is 18.5. The predicted octanol–water partition coefficient (Wildman–Crippen LogP) is 1.81. The molecular formula is C14H29NO4. The first-order valence-corrected chi connectivity index (χ1v) is 6.83. The second-order valence-electron chi connectivity index (χ2n) is 5.22. The number of Topliss-reactive ketones (excluding diaryl/α,β-unsaturated/α-hetero) is 1. The number of carbonyl (C=O) groups excluding carboxylic acids is 1. The van der Waals surface area contributed by atoms with Gasteiger partial charge in [0, 0.05) is 26.7 Å². The van der Waals surface area contributed by atoms with Crippen molar-refractivity contribution in [2.75, 3.05) is 34.3 Å². The molecule has 2 atom stereocenters. The third-order valence-electron chi connectivity index (χ3n) is 2.96. The predicted molar refractivity (Wildman–Crippen MR) is 74.9 cm³/mol. The van der Waals surface area contributed by atoms with E-state index in [0.29, 0.717) is 19.2 Å². The lowest BCUT2D eigenvalue weighted by Gasteiger charge is -2.26. The molecular weight excluding hydrogens is 246 g/mol. The quantitative estimate of drug-likeness (QED) is 0.435. The number of nitrogens with one attached hydrogen (secondary N) is 1. The summed E-state index contributed by atoms with van der Waals surface area (Å²) in [5.41, 5.74) is 0. The normalized spacial score (nSPS) is 14.6. The van der Waals surface area contributed by atoms with E-state index in [1.165, 1.54) is 0 Å². The molecule has 0 aliphatic heterocycles. The monoisotopic (exact) mass is 275 g/mol. The lowest BCUT2D eigenvalue weighted by atomic mass is 9.91. The standard InChI is InChI=1S/C14H29NO4/c1-11(2)6-7-13(8-15-9-17-4)14(12(3)16)19-10-18-5/h11,13-15H,6-10H2,1-5H3/t13-,14+/m1/s1. The fourth-order valence-corrected chi connectivity index (χ4v) is 1.98. The van der Waals surface area contributed by atoms with Gasteiger partial charge >= 0.3 is 0 Å². The third-order valence-corrected chi connectivity index (χ3v) is 2.96. The molecule has 0 spiro atoms. The Hall–Kier alpha value is -0.490. The Morgan fingerprint density at radius 1 is 1.16 bits per heavy atom. The Bertz CT molecular complexity index is 233. The van der Waals surface area contributed by atoms with Gasteiger partial charge < -0.3 is 14.2 Å². The molecule has 0 unspecified atom stereocenters. The van der Waals surface area contributed by atoms with Gasteiger partial charge in [-0.05, 0) is 19.3 Å². The van der Waals surface area contributed by atoms with Crippen molar-refractivity contribution in [3.8, 4) is 0 Å². The first-order chi connectivity index (χ1) is 9.02. The molecule has 0 amide bonds. The SMILES string of the molecule is COCNC[C@@H](CCC(C)C)[C@@H](OCOC)C(C)=O. The number of carbonyl (C=O) groups is 1. The van der Waals surface area contributed by atoms with Crippen molar-refractivity contribution >= 4 is 5.78 Å². The van der Waals surface area contributed by atoms with Crippen LogP contribution in [0.5, 0.6) is 0 Å². The van der Waals surface area contributed by atoms with Crippen LogP contribution in [0.15, 0.2) is 0 Å². The van der Waals surface area contributed by atoms with Gasteiger partial charge in [0.15, 0.2) is 5.78 Å². The summed E-state index contributed by atoms with van der Waals surface area (Å²) in [6.07, 6.45) is 1.60. The van der Waals surface area contributed by atoms with Crippen molar-refractivity contribution in [1.29, 1.82) is 0 Å². The molecule has 19 heavy (non-hydrogen) atoms. The number of ketones is 1. The van der Waals surface area contributed by atoms with Crippen molar-refractivity contribution in [3.05, 3.63) is 0 Å². The third kappa shape index (κ3) is 9.10.